The van der Waals surface area contributed by atoms with Crippen molar-refractivity contribution >= 4 is 8.32 Å². The van der Waals surface area contributed by atoms with Crippen molar-refractivity contribution in [3.8, 4) is 0 Å². The molecule has 0 aromatic carbocycles. The Labute approximate surface area is 364 Å². The van der Waals surface area contributed by atoms with E-state index in [0.717, 1.165) is 70.8 Å². The summed E-state index contributed by atoms with van der Waals surface area (Å²) < 4.78 is 54.1. The lowest BCUT2D eigenvalue weighted by Gasteiger charge is -2.42. The fourth-order valence-corrected chi connectivity index (χ4v) is 15.0. The second kappa shape index (κ2) is 19.9. The van der Waals surface area contributed by atoms with Gasteiger partial charge in [0.15, 0.2) is 14.1 Å². The van der Waals surface area contributed by atoms with Crippen molar-refractivity contribution in [2.75, 3.05) is 6.61 Å². The molecule has 8 saturated heterocycles. The van der Waals surface area contributed by atoms with E-state index in [1.165, 1.54) is 29.3 Å². The summed E-state index contributed by atoms with van der Waals surface area (Å²) in [5.74, 6) is 0.874. The minimum absolute atomic E-state index is 0.00311. The number of hydrogen-bond acceptors (Lipinski definition) is 9. The molecule has 0 aliphatic carbocycles. The molecule has 6 bridgehead atoms. The molecule has 0 amide bonds. The molecule has 10 heteroatoms. The van der Waals surface area contributed by atoms with Crippen LogP contribution in [0, 0.1) is 29.6 Å². The molecule has 60 heavy (non-hydrogen) atoms. The van der Waals surface area contributed by atoms with Crippen molar-refractivity contribution in [1.82, 2.24) is 0 Å². The van der Waals surface area contributed by atoms with Gasteiger partial charge in [-0.05, 0) is 111 Å². The molecule has 1 N–H and O–H groups in total. The molecule has 0 saturated carbocycles. The number of aliphatic hydroxyl groups excluding tert-OH is 1. The predicted octanol–water partition coefficient (Wildman–Crippen LogP) is 10.0. The Morgan fingerprint density at radius 2 is 1.52 bits per heavy atom. The average Bonchev–Trinajstić information content (AvgIpc) is 3.89. The number of aliphatic hydroxyl groups is 1. The first-order valence-electron chi connectivity index (χ1n) is 24.3. The zero-order valence-electron chi connectivity index (χ0n) is 38.4. The van der Waals surface area contributed by atoms with E-state index in [0.29, 0.717) is 30.6 Å². The van der Waals surface area contributed by atoms with Crippen LogP contribution in [0.2, 0.25) is 18.1 Å². The summed E-state index contributed by atoms with van der Waals surface area (Å²) in [6.07, 6.45) is 13.3. The van der Waals surface area contributed by atoms with Crippen LogP contribution < -0.4 is 0 Å². The third-order valence-corrected chi connectivity index (χ3v) is 21.0. The molecule has 9 nitrogen and oxygen atoms in total. The maximum absolute atomic E-state index is 11.0. The van der Waals surface area contributed by atoms with Crippen LogP contribution in [0.25, 0.3) is 0 Å². The van der Waals surface area contributed by atoms with E-state index < -0.39 is 20.2 Å². The Balaban J connectivity index is 0.918. The molecule has 8 fully saturated rings. The lowest BCUT2D eigenvalue weighted by molar-refractivity contribution is -0.262. The van der Waals surface area contributed by atoms with Crippen molar-refractivity contribution in [2.24, 2.45) is 29.6 Å². The third-order valence-electron chi connectivity index (χ3n) is 16.4. The van der Waals surface area contributed by atoms with Gasteiger partial charge in [-0.3, -0.25) is 0 Å². The van der Waals surface area contributed by atoms with Crippen molar-refractivity contribution in [3.05, 3.63) is 49.6 Å². The van der Waals surface area contributed by atoms with Crippen LogP contribution in [0.4, 0.5) is 0 Å². The number of hydrogen-bond donors (Lipinski definition) is 1. The standard InChI is InChI=1S/C50H82O9Si/c1-12-17-36(51)26-39-34(10)42(23-30(6)29-52-60(14-3,15-4)16-5)55-44(39)27-43-33(9)31(7)24-37(54-43)19-20-40-32(8)25-38(53-40)21-22-50-28-45-47(59-50)49-48(57-45)46(58-50)35(11)41(56-49)18-13-2/h12-13,30-31,34-49,51H,1-2,8-9,14-29H2,3-7,10-11H3/t30-,31+,34+,35-,36?,37-,38-,39+,40?,41-,42+,43+,44?,45+,46-,47-,48-,49-,50+/m0/s1. The maximum Gasteiger partial charge on any atom is 0.191 e. The van der Waals surface area contributed by atoms with Crippen molar-refractivity contribution in [2.45, 2.75) is 229 Å². The van der Waals surface area contributed by atoms with E-state index >= 15 is 0 Å². The highest BCUT2D eigenvalue weighted by atomic mass is 28.4. The van der Waals surface area contributed by atoms with Crippen molar-refractivity contribution in [1.29, 1.82) is 0 Å². The van der Waals surface area contributed by atoms with Crippen LogP contribution in [0.3, 0.4) is 0 Å². The predicted molar refractivity (Wildman–Crippen MR) is 239 cm³/mol. The first kappa shape index (κ1) is 46.8. The van der Waals surface area contributed by atoms with Crippen LogP contribution in [0.1, 0.15) is 126 Å². The first-order valence-corrected chi connectivity index (χ1v) is 26.8. The number of ether oxygens (including phenoxy) is 7. The summed E-state index contributed by atoms with van der Waals surface area (Å²) in [6.45, 7) is 33.8. The van der Waals surface area contributed by atoms with Gasteiger partial charge in [0, 0.05) is 31.8 Å². The Hall–Kier alpha value is -1.18. The molecule has 3 unspecified atom stereocenters. The topological polar surface area (TPSA) is 94.1 Å². The van der Waals surface area contributed by atoms with E-state index in [2.05, 4.69) is 74.8 Å². The SMILES string of the molecule is C=CCC(O)C[C@H]1C(C[C@H]2O[C@@H](CCC3O[C@@H](CC[C@@]45C[C@H]6O[C@@H]7[C@@H](O[C@@H](CC=C)[C@H](C)[C@@H]7O4)[C@H]6O5)CC3=C)C[C@@H](C)C2=C)O[C@H](C[C@H](C)CO[Si](CC)(CC)CC)[C@@H]1C. The van der Waals surface area contributed by atoms with Gasteiger partial charge in [0.25, 0.3) is 0 Å². The summed E-state index contributed by atoms with van der Waals surface area (Å²) in [5.41, 5.74) is 2.34. The molecule has 0 spiro atoms. The molecule has 19 atom stereocenters. The van der Waals surface area contributed by atoms with Gasteiger partial charge >= 0.3 is 0 Å². The highest BCUT2D eigenvalue weighted by Gasteiger charge is 2.67. The Morgan fingerprint density at radius 3 is 2.23 bits per heavy atom. The first-order chi connectivity index (χ1) is 28.7. The Morgan fingerprint density at radius 1 is 0.800 bits per heavy atom. The van der Waals surface area contributed by atoms with Crippen LogP contribution in [-0.4, -0.2) is 105 Å². The molecule has 8 aliphatic rings. The van der Waals surface area contributed by atoms with Gasteiger partial charge in [-0.15, -0.1) is 13.2 Å². The quantitative estimate of drug-likeness (QED) is 0.0844. The lowest BCUT2D eigenvalue weighted by Crippen LogP contribution is -2.54. The van der Waals surface area contributed by atoms with Crippen molar-refractivity contribution < 1.29 is 42.7 Å². The van der Waals surface area contributed by atoms with E-state index in [9.17, 15) is 5.11 Å². The van der Waals surface area contributed by atoms with E-state index in [1.807, 2.05) is 12.2 Å². The van der Waals surface area contributed by atoms with Crippen LogP contribution in [-0.2, 0) is 37.6 Å². The highest BCUT2D eigenvalue weighted by molar-refractivity contribution is 6.73. The van der Waals surface area contributed by atoms with Gasteiger partial charge in [-0.1, -0.05) is 73.8 Å². The fourth-order valence-electron chi connectivity index (χ4n) is 12.2. The van der Waals surface area contributed by atoms with E-state index in [1.54, 1.807) is 0 Å². The Kier molecular flexibility index (Phi) is 15.5. The van der Waals surface area contributed by atoms with Gasteiger partial charge in [0.2, 0.25) is 0 Å². The number of rotatable bonds is 22. The summed E-state index contributed by atoms with van der Waals surface area (Å²) in [7, 11) is -1.65. The van der Waals surface area contributed by atoms with Crippen LogP contribution in [0.15, 0.2) is 49.6 Å². The maximum atomic E-state index is 11.0. The largest absolute Gasteiger partial charge is 0.417 e. The van der Waals surface area contributed by atoms with Gasteiger partial charge in [-0.2, -0.15) is 0 Å². The Bertz CT molecular complexity index is 1480. The smallest absolute Gasteiger partial charge is 0.191 e. The molecular weight excluding hydrogens is 773 g/mol. The summed E-state index contributed by atoms with van der Waals surface area (Å²) in [6, 6.07) is 3.50. The molecule has 340 valence electrons. The average molecular weight is 855 g/mol. The monoisotopic (exact) mass is 855 g/mol. The molecular formula is C50H82O9Si. The summed E-state index contributed by atoms with van der Waals surface area (Å²) in [5, 5.41) is 11.0. The summed E-state index contributed by atoms with van der Waals surface area (Å²) in [4.78, 5) is 0. The molecule has 8 aliphatic heterocycles. The van der Waals surface area contributed by atoms with Gasteiger partial charge in [-0.25, -0.2) is 0 Å². The fraction of sp³-hybridized carbons (Fsp3) is 0.840. The molecule has 0 aromatic rings. The molecule has 0 aromatic heterocycles. The van der Waals surface area contributed by atoms with E-state index in [4.69, 9.17) is 37.6 Å². The summed E-state index contributed by atoms with van der Waals surface area (Å²) >= 11 is 0. The second-order valence-electron chi connectivity index (χ2n) is 20.4. The zero-order valence-corrected chi connectivity index (χ0v) is 39.4. The zero-order chi connectivity index (χ0) is 42.9. The highest BCUT2D eigenvalue weighted by Crippen LogP contribution is 2.54. The molecule has 8 rings (SSSR count). The van der Waals surface area contributed by atoms with E-state index in [-0.39, 0.29) is 85.1 Å². The van der Waals surface area contributed by atoms with Crippen molar-refractivity contribution in [3.63, 3.8) is 0 Å². The minimum Gasteiger partial charge on any atom is -0.417 e. The second-order valence-corrected chi connectivity index (χ2v) is 25.2. The van der Waals surface area contributed by atoms with Gasteiger partial charge in [0.1, 0.15) is 18.3 Å². The van der Waals surface area contributed by atoms with Crippen LogP contribution in [0.5, 0.6) is 0 Å². The molecule has 0 radical (unpaired) electrons. The lowest BCUT2D eigenvalue weighted by atomic mass is 9.78. The van der Waals surface area contributed by atoms with Crippen LogP contribution >= 0.6 is 0 Å². The van der Waals surface area contributed by atoms with Gasteiger partial charge < -0.3 is 42.7 Å². The third kappa shape index (κ3) is 9.89. The molecule has 8 heterocycles. The normalized spacial score (nSPS) is 43.4. The minimum atomic E-state index is -1.65. The van der Waals surface area contributed by atoms with Gasteiger partial charge in [0.05, 0.1) is 61.0 Å².